The van der Waals surface area contributed by atoms with Crippen molar-refractivity contribution in [2.45, 2.75) is 13.0 Å². The third-order valence-electron chi connectivity index (χ3n) is 3.71. The number of anilines is 1. The molecule has 0 saturated carbocycles. The monoisotopic (exact) mass is 318 g/mol. The van der Waals surface area contributed by atoms with E-state index in [0.29, 0.717) is 18.8 Å². The lowest BCUT2D eigenvalue weighted by atomic mass is 10.1. The summed E-state index contributed by atoms with van der Waals surface area (Å²) in [5.74, 6) is -0.0126. The Hall–Kier alpha value is -2.11. The molecule has 0 bridgehead atoms. The Balaban J connectivity index is 1.85. The average Bonchev–Trinajstić information content (AvgIpc) is 2.55. The zero-order chi connectivity index (χ0) is 16.7. The average molecular weight is 318 g/mol. The number of nitrogens with one attached hydrogen (secondary N) is 1. The van der Waals surface area contributed by atoms with E-state index < -0.39 is 0 Å². The minimum Gasteiger partial charge on any atom is -0.508 e. The number of hydrogen-bond acceptors (Lipinski definition) is 4. The van der Waals surface area contributed by atoms with Gasteiger partial charge in [0.05, 0.1) is 12.3 Å². The number of phenolic OH excluding ortho intramolecular Hbond substituents is 1. The van der Waals surface area contributed by atoms with Gasteiger partial charge in [-0.2, -0.15) is 0 Å². The van der Waals surface area contributed by atoms with Gasteiger partial charge >= 0.3 is 0 Å². The number of benzene rings is 2. The molecule has 2 aromatic rings. The van der Waals surface area contributed by atoms with Crippen molar-refractivity contribution in [2.24, 2.45) is 0 Å². The highest BCUT2D eigenvalue weighted by atomic mass is 19.1. The summed E-state index contributed by atoms with van der Waals surface area (Å²) in [7, 11) is 1.76. The highest BCUT2D eigenvalue weighted by Gasteiger charge is 2.08. The highest BCUT2D eigenvalue weighted by molar-refractivity contribution is 5.49. The van der Waals surface area contributed by atoms with Crippen LogP contribution in [0.15, 0.2) is 42.5 Å². The molecule has 3 N–H and O–H groups in total. The van der Waals surface area contributed by atoms with Gasteiger partial charge in [-0.05, 0) is 48.4 Å². The fraction of sp³-hybridized carbons (Fsp3) is 0.333. The number of aliphatic hydroxyl groups excluding tert-OH is 1. The van der Waals surface area contributed by atoms with E-state index in [1.165, 1.54) is 6.07 Å². The van der Waals surface area contributed by atoms with E-state index in [-0.39, 0.29) is 18.2 Å². The lowest BCUT2D eigenvalue weighted by molar-refractivity contribution is 0.303. The summed E-state index contributed by atoms with van der Waals surface area (Å²) >= 11 is 0. The van der Waals surface area contributed by atoms with Crippen LogP contribution in [-0.2, 0) is 13.0 Å². The fourth-order valence-electron chi connectivity index (χ4n) is 2.36. The zero-order valence-corrected chi connectivity index (χ0v) is 13.3. The van der Waals surface area contributed by atoms with E-state index in [2.05, 4.69) is 5.32 Å². The molecule has 0 unspecified atom stereocenters. The number of phenols is 1. The Kier molecular flexibility index (Phi) is 6.38. The normalized spacial score (nSPS) is 10.7. The molecule has 0 aliphatic heterocycles. The molecule has 0 aliphatic carbocycles. The van der Waals surface area contributed by atoms with Crippen LogP contribution in [0.2, 0.25) is 0 Å². The van der Waals surface area contributed by atoms with Crippen LogP contribution in [0.5, 0.6) is 5.75 Å². The first-order valence-corrected chi connectivity index (χ1v) is 7.69. The molecule has 0 amide bonds. The molecule has 0 radical (unpaired) electrons. The van der Waals surface area contributed by atoms with Crippen LogP contribution < -0.4 is 10.2 Å². The molecule has 0 spiro atoms. The lowest BCUT2D eigenvalue weighted by Gasteiger charge is -2.19. The van der Waals surface area contributed by atoms with E-state index in [0.717, 1.165) is 24.1 Å². The first kappa shape index (κ1) is 17.2. The minimum absolute atomic E-state index is 0.00888. The van der Waals surface area contributed by atoms with Crippen molar-refractivity contribution >= 4 is 5.69 Å². The molecule has 0 atom stereocenters. The molecular formula is C18H23FN2O2. The minimum atomic E-state index is -0.284. The molecule has 23 heavy (non-hydrogen) atoms. The zero-order valence-electron chi connectivity index (χ0n) is 13.3. The quantitative estimate of drug-likeness (QED) is 0.654. The molecule has 5 heteroatoms. The Bertz CT molecular complexity index is 617. The number of nitrogens with zero attached hydrogens (tertiary/aromatic N) is 1. The molecule has 4 nitrogen and oxygen atoms in total. The molecule has 2 rings (SSSR count). The van der Waals surface area contributed by atoms with Gasteiger partial charge in [0.25, 0.3) is 0 Å². The van der Waals surface area contributed by atoms with Gasteiger partial charge in [-0.25, -0.2) is 4.39 Å². The summed E-state index contributed by atoms with van der Waals surface area (Å²) in [5, 5.41) is 21.5. The van der Waals surface area contributed by atoms with Crippen LogP contribution in [0.4, 0.5) is 10.1 Å². The molecule has 2 aromatic carbocycles. The van der Waals surface area contributed by atoms with Gasteiger partial charge in [0.15, 0.2) is 0 Å². The maximum atomic E-state index is 13.8. The van der Waals surface area contributed by atoms with Crippen molar-refractivity contribution in [3.05, 3.63) is 59.4 Å². The molecule has 0 aliphatic rings. The third kappa shape index (κ3) is 5.23. The Morgan fingerprint density at radius 1 is 1.09 bits per heavy atom. The first-order chi connectivity index (χ1) is 11.1. The van der Waals surface area contributed by atoms with Crippen LogP contribution in [0.3, 0.4) is 0 Å². The molecule has 124 valence electrons. The van der Waals surface area contributed by atoms with Gasteiger partial charge in [0.2, 0.25) is 0 Å². The Morgan fingerprint density at radius 2 is 1.78 bits per heavy atom. The van der Waals surface area contributed by atoms with E-state index in [4.69, 9.17) is 5.11 Å². The van der Waals surface area contributed by atoms with Crippen LogP contribution in [0.1, 0.15) is 11.1 Å². The first-order valence-electron chi connectivity index (χ1n) is 7.69. The van der Waals surface area contributed by atoms with Gasteiger partial charge < -0.3 is 20.4 Å². The number of likely N-dealkylation sites (N-methyl/N-ethyl adjacent to an activating group) is 1. The maximum absolute atomic E-state index is 13.8. The van der Waals surface area contributed by atoms with Crippen molar-refractivity contribution in [3.8, 4) is 5.75 Å². The van der Waals surface area contributed by atoms with Crippen LogP contribution in [0, 0.1) is 5.82 Å². The van der Waals surface area contributed by atoms with Crippen molar-refractivity contribution in [1.82, 2.24) is 5.32 Å². The van der Waals surface area contributed by atoms with E-state index in [9.17, 15) is 9.50 Å². The second-order valence-corrected chi connectivity index (χ2v) is 5.52. The van der Waals surface area contributed by atoms with Crippen molar-refractivity contribution in [3.63, 3.8) is 0 Å². The second-order valence-electron chi connectivity index (χ2n) is 5.52. The topological polar surface area (TPSA) is 55.7 Å². The van der Waals surface area contributed by atoms with Gasteiger partial charge in [0.1, 0.15) is 11.6 Å². The van der Waals surface area contributed by atoms with Crippen molar-refractivity contribution in [2.75, 3.05) is 31.6 Å². The Morgan fingerprint density at radius 3 is 2.48 bits per heavy atom. The van der Waals surface area contributed by atoms with Crippen molar-refractivity contribution < 1.29 is 14.6 Å². The standard InChI is InChI=1S/C18H23FN2O2/c1-21(10-11-22)18-12-15(4-7-17(18)19)13-20-9-8-14-2-5-16(23)6-3-14/h2-7,12,20,22-23H,8-11,13H2,1H3. The van der Waals surface area contributed by atoms with E-state index in [1.807, 2.05) is 12.1 Å². The molecule has 0 aromatic heterocycles. The SMILES string of the molecule is CN(CCO)c1cc(CNCCc2ccc(O)cc2)ccc1F. The number of aliphatic hydroxyl groups is 1. The summed E-state index contributed by atoms with van der Waals surface area (Å²) in [6.45, 7) is 1.84. The van der Waals surface area contributed by atoms with Crippen LogP contribution in [0.25, 0.3) is 0 Å². The summed E-state index contributed by atoms with van der Waals surface area (Å²) in [5.41, 5.74) is 2.64. The summed E-state index contributed by atoms with van der Waals surface area (Å²) < 4.78 is 13.8. The number of hydrogen-bond donors (Lipinski definition) is 3. The third-order valence-corrected chi connectivity index (χ3v) is 3.71. The number of aromatic hydroxyl groups is 1. The van der Waals surface area contributed by atoms with E-state index >= 15 is 0 Å². The molecule has 0 fully saturated rings. The molecule has 0 heterocycles. The molecule has 0 saturated heterocycles. The predicted octanol–water partition coefficient (Wildman–Crippen LogP) is 2.29. The number of rotatable bonds is 8. The summed E-state index contributed by atoms with van der Waals surface area (Å²) in [6.07, 6.45) is 0.860. The smallest absolute Gasteiger partial charge is 0.146 e. The Labute approximate surface area is 136 Å². The van der Waals surface area contributed by atoms with Crippen LogP contribution in [-0.4, -0.2) is 37.0 Å². The fourth-order valence-corrected chi connectivity index (χ4v) is 2.36. The lowest BCUT2D eigenvalue weighted by Crippen LogP contribution is -2.23. The molecular weight excluding hydrogens is 295 g/mol. The summed E-state index contributed by atoms with van der Waals surface area (Å²) in [6, 6.07) is 12.2. The van der Waals surface area contributed by atoms with Gasteiger partial charge in [-0.3, -0.25) is 0 Å². The van der Waals surface area contributed by atoms with E-state index in [1.54, 1.807) is 36.2 Å². The second kappa shape index (κ2) is 8.50. The number of halogens is 1. The largest absolute Gasteiger partial charge is 0.508 e. The highest BCUT2D eigenvalue weighted by Crippen LogP contribution is 2.19. The van der Waals surface area contributed by atoms with Crippen molar-refractivity contribution in [1.29, 1.82) is 0 Å². The van der Waals surface area contributed by atoms with Gasteiger partial charge in [-0.1, -0.05) is 18.2 Å². The predicted molar refractivity (Wildman–Crippen MR) is 90.3 cm³/mol. The summed E-state index contributed by atoms with van der Waals surface area (Å²) in [4.78, 5) is 1.70. The van der Waals surface area contributed by atoms with Gasteiger partial charge in [-0.15, -0.1) is 0 Å². The van der Waals surface area contributed by atoms with Gasteiger partial charge in [0, 0.05) is 20.1 Å². The van der Waals surface area contributed by atoms with Crippen LogP contribution >= 0.6 is 0 Å². The maximum Gasteiger partial charge on any atom is 0.146 e.